The summed E-state index contributed by atoms with van der Waals surface area (Å²) in [5.41, 5.74) is 1.56. The van der Waals surface area contributed by atoms with Crippen molar-refractivity contribution in [2.45, 2.75) is 50.3 Å². The van der Waals surface area contributed by atoms with Crippen LogP contribution in [0.15, 0.2) is 47.4 Å². The minimum atomic E-state index is -3.88. The minimum Gasteiger partial charge on any atom is -0.487 e. The summed E-state index contributed by atoms with van der Waals surface area (Å²) in [7, 11) is -1.95. The van der Waals surface area contributed by atoms with Crippen LogP contribution in [0.3, 0.4) is 0 Å². The van der Waals surface area contributed by atoms with Crippen molar-refractivity contribution in [1.82, 2.24) is 9.21 Å². The Balaban J connectivity index is 1.66. The van der Waals surface area contributed by atoms with E-state index in [0.29, 0.717) is 24.6 Å². The standard InChI is InChI=1S/C27H33FN2O4S/c1-19-15-30(20(2)18-31)35(32,33)27-12-11-22(10-9-21-7-8-21)14-25(27)34-26(19)17-29(3)16-23-5-4-6-24(28)13-23/h4-6,11-14,19-21,26,31H,7-8,15-18H2,1-3H3/t19-,20+,26-/m1/s1. The van der Waals surface area contributed by atoms with Crippen LogP contribution >= 0.6 is 0 Å². The van der Waals surface area contributed by atoms with E-state index < -0.39 is 16.1 Å². The van der Waals surface area contributed by atoms with Crippen LogP contribution in [0.4, 0.5) is 4.39 Å². The highest BCUT2D eigenvalue weighted by Crippen LogP contribution is 2.34. The normalized spacial score (nSPS) is 22.8. The molecule has 2 aliphatic rings. The molecule has 4 rings (SSSR count). The Labute approximate surface area is 207 Å². The van der Waals surface area contributed by atoms with Crippen LogP contribution < -0.4 is 4.74 Å². The number of rotatable bonds is 6. The molecule has 0 aromatic heterocycles. The molecule has 1 heterocycles. The van der Waals surface area contributed by atoms with E-state index in [9.17, 15) is 17.9 Å². The Hall–Kier alpha value is -2.44. The summed E-state index contributed by atoms with van der Waals surface area (Å²) in [5.74, 6) is 6.61. The predicted octanol–water partition coefficient (Wildman–Crippen LogP) is 3.49. The van der Waals surface area contributed by atoms with Gasteiger partial charge in [0.2, 0.25) is 10.0 Å². The van der Waals surface area contributed by atoms with Crippen LogP contribution in [-0.2, 0) is 16.6 Å². The van der Waals surface area contributed by atoms with Gasteiger partial charge in [-0.3, -0.25) is 4.90 Å². The number of halogens is 1. The fourth-order valence-corrected chi connectivity index (χ4v) is 6.08. The predicted molar refractivity (Wildman–Crippen MR) is 133 cm³/mol. The van der Waals surface area contributed by atoms with Crippen molar-refractivity contribution < 1.29 is 22.7 Å². The lowest BCUT2D eigenvalue weighted by Gasteiger charge is -2.37. The van der Waals surface area contributed by atoms with Gasteiger partial charge in [0.15, 0.2) is 0 Å². The summed E-state index contributed by atoms with van der Waals surface area (Å²) in [5, 5.41) is 9.79. The van der Waals surface area contributed by atoms with E-state index in [1.165, 1.54) is 16.4 Å². The van der Waals surface area contributed by atoms with Crippen LogP contribution in [0.5, 0.6) is 5.75 Å². The number of nitrogens with zero attached hydrogens (tertiary/aromatic N) is 2. The van der Waals surface area contributed by atoms with E-state index in [1.54, 1.807) is 31.2 Å². The molecule has 0 saturated heterocycles. The molecule has 35 heavy (non-hydrogen) atoms. The maximum Gasteiger partial charge on any atom is 0.247 e. The molecule has 2 aromatic carbocycles. The third-order valence-corrected chi connectivity index (χ3v) is 8.52. The molecule has 0 amide bonds. The third kappa shape index (κ3) is 6.22. The first-order valence-corrected chi connectivity index (χ1v) is 13.5. The van der Waals surface area contributed by atoms with E-state index in [4.69, 9.17) is 4.74 Å². The van der Waals surface area contributed by atoms with Crippen molar-refractivity contribution in [3.8, 4) is 17.6 Å². The van der Waals surface area contributed by atoms with Crippen molar-refractivity contribution >= 4 is 10.0 Å². The van der Waals surface area contributed by atoms with Gasteiger partial charge in [-0.25, -0.2) is 12.8 Å². The molecule has 1 aliphatic carbocycles. The molecule has 3 atom stereocenters. The molecule has 0 unspecified atom stereocenters. The van der Waals surface area contributed by atoms with E-state index in [2.05, 4.69) is 11.8 Å². The molecule has 0 bridgehead atoms. The third-order valence-electron chi connectivity index (χ3n) is 6.50. The zero-order chi connectivity index (χ0) is 25.2. The molecule has 1 N–H and O–H groups in total. The summed E-state index contributed by atoms with van der Waals surface area (Å²) >= 11 is 0. The molecular formula is C27H33FN2O4S. The number of sulfonamides is 1. The maximum atomic E-state index is 13.6. The molecule has 0 spiro atoms. The Morgan fingerprint density at radius 1 is 1.26 bits per heavy atom. The second kappa shape index (κ2) is 10.7. The Morgan fingerprint density at radius 2 is 2.03 bits per heavy atom. The van der Waals surface area contributed by atoms with E-state index in [-0.39, 0.29) is 41.6 Å². The van der Waals surface area contributed by atoms with Gasteiger partial charge in [-0.15, -0.1) is 0 Å². The number of ether oxygens (including phenoxy) is 1. The molecule has 8 heteroatoms. The van der Waals surface area contributed by atoms with Gasteiger partial charge in [0, 0.05) is 43.1 Å². The quantitative estimate of drug-likeness (QED) is 0.615. The number of fused-ring (bicyclic) bond motifs is 1. The Kier molecular flexibility index (Phi) is 7.82. The highest BCUT2D eigenvalue weighted by atomic mass is 32.2. The van der Waals surface area contributed by atoms with Crippen molar-refractivity contribution in [3.05, 3.63) is 59.4 Å². The first-order chi connectivity index (χ1) is 16.7. The fourth-order valence-electron chi connectivity index (χ4n) is 4.25. The van der Waals surface area contributed by atoms with Crippen LogP contribution in [-0.4, -0.2) is 61.6 Å². The minimum absolute atomic E-state index is 0.0828. The van der Waals surface area contributed by atoms with Gasteiger partial charge >= 0.3 is 0 Å². The average molecular weight is 501 g/mol. The van der Waals surface area contributed by atoms with Gasteiger partial charge in [-0.1, -0.05) is 30.9 Å². The van der Waals surface area contributed by atoms with Gasteiger partial charge in [0.05, 0.1) is 6.61 Å². The smallest absolute Gasteiger partial charge is 0.247 e. The lowest BCUT2D eigenvalue weighted by Crippen LogP contribution is -2.49. The summed E-state index contributed by atoms with van der Waals surface area (Å²) in [6.07, 6.45) is 1.88. The van der Waals surface area contributed by atoms with Crippen molar-refractivity contribution in [2.24, 2.45) is 11.8 Å². The van der Waals surface area contributed by atoms with Crippen LogP contribution in [0.25, 0.3) is 0 Å². The van der Waals surface area contributed by atoms with Crippen LogP contribution in [0, 0.1) is 29.5 Å². The first kappa shape index (κ1) is 25.6. The van der Waals surface area contributed by atoms with Gasteiger partial charge in [-0.2, -0.15) is 4.31 Å². The van der Waals surface area contributed by atoms with E-state index in [0.717, 1.165) is 18.4 Å². The van der Waals surface area contributed by atoms with Gasteiger partial charge < -0.3 is 9.84 Å². The molecular weight excluding hydrogens is 467 g/mol. The highest BCUT2D eigenvalue weighted by Gasteiger charge is 2.38. The molecule has 1 saturated carbocycles. The number of aliphatic hydroxyl groups is 1. The summed E-state index contributed by atoms with van der Waals surface area (Å²) < 4.78 is 48.5. The zero-order valence-electron chi connectivity index (χ0n) is 20.4. The Morgan fingerprint density at radius 3 is 2.71 bits per heavy atom. The van der Waals surface area contributed by atoms with E-state index in [1.807, 2.05) is 24.9 Å². The number of aliphatic hydroxyl groups excluding tert-OH is 1. The van der Waals surface area contributed by atoms with Crippen molar-refractivity contribution in [1.29, 1.82) is 0 Å². The molecule has 1 fully saturated rings. The molecule has 6 nitrogen and oxygen atoms in total. The van der Waals surface area contributed by atoms with Gasteiger partial charge in [0.1, 0.15) is 22.6 Å². The fraction of sp³-hybridized carbons (Fsp3) is 0.481. The molecule has 2 aromatic rings. The van der Waals surface area contributed by atoms with Gasteiger partial charge in [0.25, 0.3) is 0 Å². The number of hydrogen-bond donors (Lipinski definition) is 1. The van der Waals surface area contributed by atoms with Gasteiger partial charge in [-0.05, 0) is 62.7 Å². The zero-order valence-corrected chi connectivity index (χ0v) is 21.3. The lowest BCUT2D eigenvalue weighted by molar-refractivity contribution is 0.0733. The van der Waals surface area contributed by atoms with Crippen molar-refractivity contribution in [2.75, 3.05) is 26.7 Å². The maximum absolute atomic E-state index is 13.6. The second-order valence-electron chi connectivity index (χ2n) is 9.77. The van der Waals surface area contributed by atoms with Crippen molar-refractivity contribution in [3.63, 3.8) is 0 Å². The number of hydrogen-bond acceptors (Lipinski definition) is 5. The summed E-state index contributed by atoms with van der Waals surface area (Å²) in [4.78, 5) is 2.13. The summed E-state index contributed by atoms with van der Waals surface area (Å²) in [6.45, 7) is 4.63. The van der Waals surface area contributed by atoms with E-state index >= 15 is 0 Å². The largest absolute Gasteiger partial charge is 0.487 e. The first-order valence-electron chi connectivity index (χ1n) is 12.1. The molecule has 188 valence electrons. The highest BCUT2D eigenvalue weighted by molar-refractivity contribution is 7.89. The monoisotopic (exact) mass is 500 g/mol. The topological polar surface area (TPSA) is 70.1 Å². The second-order valence-corrected chi connectivity index (χ2v) is 11.6. The molecule has 0 radical (unpaired) electrons. The van der Waals surface area contributed by atoms with Crippen LogP contribution in [0.1, 0.15) is 37.8 Å². The summed E-state index contributed by atoms with van der Waals surface area (Å²) in [6, 6.07) is 10.9. The lowest BCUT2D eigenvalue weighted by atomic mass is 10.0. The SMILES string of the molecule is C[C@@H]1CN([C@@H](C)CO)S(=O)(=O)c2ccc(C#CC3CC3)cc2O[C@@H]1CN(C)Cc1cccc(F)c1. The van der Waals surface area contributed by atoms with Crippen LogP contribution in [0.2, 0.25) is 0 Å². The number of benzene rings is 2. The number of likely N-dealkylation sites (N-methyl/N-ethyl adjacent to an activating group) is 1. The molecule has 1 aliphatic heterocycles. The Bertz CT molecular complexity index is 1220. The average Bonchev–Trinajstić information content (AvgIpc) is 3.64.